The molecule has 0 aliphatic heterocycles. The second-order valence-electron chi connectivity index (χ2n) is 6.62. The van der Waals surface area contributed by atoms with Crippen LogP contribution in [0, 0.1) is 0 Å². The lowest BCUT2D eigenvalue weighted by molar-refractivity contribution is 0.0477. The van der Waals surface area contributed by atoms with Crippen molar-refractivity contribution in [2.75, 3.05) is 0 Å². The van der Waals surface area contributed by atoms with Gasteiger partial charge in [-0.15, -0.1) is 0 Å². The number of rotatable bonds is 4. The Morgan fingerprint density at radius 2 is 1.84 bits per heavy atom. The summed E-state index contributed by atoms with van der Waals surface area (Å²) in [5.74, 6) is 0. The molecule has 1 aliphatic carbocycles. The van der Waals surface area contributed by atoms with Gasteiger partial charge in [-0.05, 0) is 47.0 Å². The molecule has 0 aromatic rings. The number of ether oxygens (including phenoxy) is 1. The quantitative estimate of drug-likeness (QED) is 0.824. The average molecular weight is 270 g/mol. The van der Waals surface area contributed by atoms with Gasteiger partial charge in [-0.3, -0.25) is 0 Å². The number of nitrogens with one attached hydrogen (secondary N) is 2. The lowest BCUT2D eigenvalue weighted by Gasteiger charge is -2.35. The van der Waals surface area contributed by atoms with Crippen molar-refractivity contribution in [2.24, 2.45) is 0 Å². The number of carbonyl (C=O) groups is 1. The first kappa shape index (κ1) is 16.3. The summed E-state index contributed by atoms with van der Waals surface area (Å²) < 4.78 is 5.34. The van der Waals surface area contributed by atoms with Crippen LogP contribution >= 0.6 is 0 Å². The highest BCUT2D eigenvalue weighted by atomic mass is 16.6. The van der Waals surface area contributed by atoms with Crippen LogP contribution in [0.4, 0.5) is 4.79 Å². The minimum atomic E-state index is -0.432. The molecule has 2 N–H and O–H groups in total. The van der Waals surface area contributed by atoms with E-state index < -0.39 is 5.60 Å². The molecule has 1 aliphatic rings. The van der Waals surface area contributed by atoms with E-state index in [2.05, 4.69) is 24.5 Å². The van der Waals surface area contributed by atoms with Crippen molar-refractivity contribution in [2.45, 2.75) is 90.4 Å². The lowest BCUT2D eigenvalue weighted by atomic mass is 9.89. The van der Waals surface area contributed by atoms with Crippen LogP contribution in [0.15, 0.2) is 0 Å². The van der Waals surface area contributed by atoms with Crippen molar-refractivity contribution in [1.29, 1.82) is 0 Å². The van der Waals surface area contributed by atoms with E-state index in [1.165, 1.54) is 12.8 Å². The molecule has 4 heteroatoms. The zero-order valence-corrected chi connectivity index (χ0v) is 13.1. The van der Waals surface area contributed by atoms with Gasteiger partial charge in [0.25, 0.3) is 0 Å². The lowest BCUT2D eigenvalue weighted by Crippen LogP contribution is -2.54. The third-order valence-corrected chi connectivity index (χ3v) is 3.58. The molecule has 19 heavy (non-hydrogen) atoms. The molecule has 1 fully saturated rings. The normalized spacial score (nSPS) is 25.7. The molecular weight excluding hydrogens is 240 g/mol. The summed E-state index contributed by atoms with van der Waals surface area (Å²) in [7, 11) is 0. The van der Waals surface area contributed by atoms with Gasteiger partial charge >= 0.3 is 6.09 Å². The van der Waals surface area contributed by atoms with Crippen molar-refractivity contribution in [1.82, 2.24) is 10.6 Å². The Bertz CT molecular complexity index is 286. The first-order chi connectivity index (χ1) is 8.81. The fraction of sp³-hybridized carbons (Fsp3) is 0.933. The molecule has 0 saturated heterocycles. The van der Waals surface area contributed by atoms with Crippen LogP contribution in [0.3, 0.4) is 0 Å². The van der Waals surface area contributed by atoms with Gasteiger partial charge in [0, 0.05) is 18.1 Å². The number of amides is 1. The van der Waals surface area contributed by atoms with Crippen molar-refractivity contribution in [3.05, 3.63) is 0 Å². The van der Waals surface area contributed by atoms with Crippen molar-refractivity contribution in [3.8, 4) is 0 Å². The van der Waals surface area contributed by atoms with E-state index in [0.717, 1.165) is 19.3 Å². The fourth-order valence-corrected chi connectivity index (χ4v) is 2.45. The minimum absolute atomic E-state index is 0.192. The predicted octanol–water partition coefficient (Wildman–Crippen LogP) is 3.21. The van der Waals surface area contributed by atoms with Crippen LogP contribution in [0.1, 0.15) is 66.7 Å². The standard InChI is InChI=1S/C15H30N2O2/c1-6-11(2)16-12-9-7-8-10-13(12)17-14(18)19-15(3,4)5/h11-13,16H,6-10H2,1-5H3,(H,17,18)/t11?,12-,13-/m1/s1. The van der Waals surface area contributed by atoms with Crippen LogP contribution in [-0.4, -0.2) is 29.8 Å². The van der Waals surface area contributed by atoms with E-state index in [9.17, 15) is 4.79 Å². The van der Waals surface area contributed by atoms with E-state index in [1.54, 1.807) is 0 Å². The van der Waals surface area contributed by atoms with Gasteiger partial charge in [0.05, 0.1) is 0 Å². The Hall–Kier alpha value is -0.770. The van der Waals surface area contributed by atoms with Crippen molar-refractivity contribution >= 4 is 6.09 Å². The van der Waals surface area contributed by atoms with Crippen LogP contribution in [0.2, 0.25) is 0 Å². The van der Waals surface area contributed by atoms with E-state index in [1.807, 2.05) is 20.8 Å². The number of carbonyl (C=O) groups excluding carboxylic acids is 1. The molecular formula is C15H30N2O2. The van der Waals surface area contributed by atoms with Gasteiger partial charge in [-0.25, -0.2) is 4.79 Å². The molecule has 3 atom stereocenters. The summed E-state index contributed by atoms with van der Waals surface area (Å²) in [5, 5.41) is 6.65. The molecule has 4 nitrogen and oxygen atoms in total. The molecule has 0 aromatic heterocycles. The van der Waals surface area contributed by atoms with Gasteiger partial charge in [0.1, 0.15) is 5.60 Å². The highest BCUT2D eigenvalue weighted by molar-refractivity contribution is 5.68. The maximum atomic E-state index is 11.9. The largest absolute Gasteiger partial charge is 0.444 e. The zero-order chi connectivity index (χ0) is 14.5. The smallest absolute Gasteiger partial charge is 0.407 e. The van der Waals surface area contributed by atoms with Gasteiger partial charge in [-0.1, -0.05) is 19.8 Å². The topological polar surface area (TPSA) is 50.4 Å². The molecule has 0 heterocycles. The molecule has 112 valence electrons. The Kier molecular flexibility index (Phi) is 6.11. The highest BCUT2D eigenvalue weighted by Gasteiger charge is 2.28. The molecule has 1 rings (SSSR count). The Balaban J connectivity index is 2.50. The summed E-state index contributed by atoms with van der Waals surface area (Å²) in [4.78, 5) is 11.9. The second kappa shape index (κ2) is 7.13. The van der Waals surface area contributed by atoms with Crippen molar-refractivity contribution < 1.29 is 9.53 Å². The SMILES string of the molecule is CCC(C)N[C@@H]1CCCC[C@H]1NC(=O)OC(C)(C)C. The molecule has 1 amide bonds. The maximum Gasteiger partial charge on any atom is 0.407 e. The van der Waals surface area contributed by atoms with Crippen LogP contribution in [0.5, 0.6) is 0 Å². The van der Waals surface area contributed by atoms with Crippen LogP contribution in [-0.2, 0) is 4.74 Å². The fourth-order valence-electron chi connectivity index (χ4n) is 2.45. The first-order valence-corrected chi connectivity index (χ1v) is 7.57. The Morgan fingerprint density at radius 1 is 1.26 bits per heavy atom. The van der Waals surface area contributed by atoms with Gasteiger partial charge in [0.2, 0.25) is 0 Å². The zero-order valence-electron chi connectivity index (χ0n) is 13.1. The number of alkyl carbamates (subject to hydrolysis) is 1. The maximum absolute atomic E-state index is 11.9. The van der Waals surface area contributed by atoms with Gasteiger partial charge < -0.3 is 15.4 Å². The summed E-state index contributed by atoms with van der Waals surface area (Å²) in [5.41, 5.74) is -0.432. The van der Waals surface area contributed by atoms with Crippen molar-refractivity contribution in [3.63, 3.8) is 0 Å². The first-order valence-electron chi connectivity index (χ1n) is 7.57. The number of hydrogen-bond donors (Lipinski definition) is 2. The average Bonchev–Trinajstić information content (AvgIpc) is 2.29. The highest BCUT2D eigenvalue weighted by Crippen LogP contribution is 2.20. The van der Waals surface area contributed by atoms with Gasteiger partial charge in [-0.2, -0.15) is 0 Å². The van der Waals surface area contributed by atoms with Gasteiger partial charge in [0.15, 0.2) is 0 Å². The Labute approximate surface area is 117 Å². The van der Waals surface area contributed by atoms with Crippen LogP contribution < -0.4 is 10.6 Å². The summed E-state index contributed by atoms with van der Waals surface area (Å²) in [6.07, 6.45) is 5.39. The molecule has 0 aromatic carbocycles. The summed E-state index contributed by atoms with van der Waals surface area (Å²) >= 11 is 0. The second-order valence-corrected chi connectivity index (χ2v) is 6.62. The minimum Gasteiger partial charge on any atom is -0.444 e. The summed E-state index contributed by atoms with van der Waals surface area (Å²) in [6.45, 7) is 10.0. The molecule has 0 spiro atoms. The third-order valence-electron chi connectivity index (χ3n) is 3.58. The Morgan fingerprint density at radius 3 is 2.37 bits per heavy atom. The number of hydrogen-bond acceptors (Lipinski definition) is 3. The van der Waals surface area contributed by atoms with Crippen LogP contribution in [0.25, 0.3) is 0 Å². The van der Waals surface area contributed by atoms with E-state index in [0.29, 0.717) is 12.1 Å². The predicted molar refractivity (Wildman–Crippen MR) is 78.3 cm³/mol. The third kappa shape index (κ3) is 6.28. The monoisotopic (exact) mass is 270 g/mol. The molecule has 0 bridgehead atoms. The van der Waals surface area contributed by atoms with E-state index >= 15 is 0 Å². The van der Waals surface area contributed by atoms with E-state index in [4.69, 9.17) is 4.74 Å². The molecule has 1 saturated carbocycles. The summed E-state index contributed by atoms with van der Waals surface area (Å²) in [6, 6.07) is 1.06. The molecule has 1 unspecified atom stereocenters. The van der Waals surface area contributed by atoms with E-state index in [-0.39, 0.29) is 12.1 Å². The molecule has 0 radical (unpaired) electrons.